The lowest BCUT2D eigenvalue weighted by Gasteiger charge is -2.36. The van der Waals surface area contributed by atoms with Gasteiger partial charge in [-0.3, -0.25) is 0 Å². The summed E-state index contributed by atoms with van der Waals surface area (Å²) in [6.45, 7) is 8.76. The molecular formula is C40H52Br2O4. The Morgan fingerprint density at radius 3 is 1.02 bits per heavy atom. The molecule has 6 heteroatoms. The van der Waals surface area contributed by atoms with Crippen LogP contribution in [0.3, 0.4) is 0 Å². The second kappa shape index (κ2) is 14.9. The molecule has 2 aliphatic rings. The summed E-state index contributed by atoms with van der Waals surface area (Å²) < 4.78 is 25.5. The maximum absolute atomic E-state index is 5.81. The van der Waals surface area contributed by atoms with Crippen LogP contribution in [0.15, 0.2) is 57.5 Å². The molecule has 4 atom stereocenters. The Morgan fingerprint density at radius 1 is 0.457 bits per heavy atom. The van der Waals surface area contributed by atoms with Crippen molar-refractivity contribution in [1.29, 1.82) is 0 Å². The van der Waals surface area contributed by atoms with Crippen molar-refractivity contribution in [3.63, 3.8) is 0 Å². The fourth-order valence-electron chi connectivity index (χ4n) is 8.02. The van der Waals surface area contributed by atoms with Gasteiger partial charge >= 0.3 is 0 Å². The van der Waals surface area contributed by atoms with Crippen LogP contribution >= 0.6 is 31.9 Å². The average Bonchev–Trinajstić information content (AvgIpc) is 3.48. The molecule has 0 amide bonds. The zero-order chi connectivity index (χ0) is 33.2. The second-order valence-electron chi connectivity index (χ2n) is 13.8. The Balaban J connectivity index is 1.78. The van der Waals surface area contributed by atoms with E-state index in [2.05, 4.69) is 108 Å². The third kappa shape index (κ3) is 6.69. The van der Waals surface area contributed by atoms with E-state index < -0.39 is 0 Å². The van der Waals surface area contributed by atoms with Gasteiger partial charge in [0.1, 0.15) is 0 Å². The maximum Gasteiger partial charge on any atom is 0.0543 e. The summed E-state index contributed by atoms with van der Waals surface area (Å²) in [5, 5.41) is 0. The number of ether oxygens (including phenoxy) is 4. The summed E-state index contributed by atoms with van der Waals surface area (Å²) in [4.78, 5) is 0. The van der Waals surface area contributed by atoms with E-state index in [1.54, 1.807) is 0 Å². The Labute approximate surface area is 294 Å². The summed E-state index contributed by atoms with van der Waals surface area (Å²) in [5.41, 5.74) is 11.0. The standard InChI is InChI=1S/C40H52Br2O4/c1-25(43-5)13-17-39(18-14-26(2)44-6)35-21-29(41)9-11-31(35)33-24-38-34(23-37(33)39)32-12-10-30(42)22-36(32)40(38,19-15-27(3)45-7)20-16-28(4)46-8/h9-12,21-28H,13-20H2,1-8H3. The van der Waals surface area contributed by atoms with Gasteiger partial charge in [-0.15, -0.1) is 0 Å². The summed E-state index contributed by atoms with van der Waals surface area (Å²) in [5.74, 6) is 0. The minimum Gasteiger partial charge on any atom is -0.382 e. The van der Waals surface area contributed by atoms with Crippen LogP contribution in [0.2, 0.25) is 0 Å². The first-order valence-electron chi connectivity index (χ1n) is 16.9. The van der Waals surface area contributed by atoms with Crippen molar-refractivity contribution in [3.05, 3.63) is 79.7 Å². The van der Waals surface area contributed by atoms with Crippen LogP contribution in [0.25, 0.3) is 22.3 Å². The van der Waals surface area contributed by atoms with Gasteiger partial charge < -0.3 is 18.9 Å². The molecule has 0 aliphatic heterocycles. The molecule has 2 aliphatic carbocycles. The van der Waals surface area contributed by atoms with Crippen molar-refractivity contribution in [3.8, 4) is 22.3 Å². The fraction of sp³-hybridized carbons (Fsp3) is 0.550. The third-order valence-electron chi connectivity index (χ3n) is 11.3. The third-order valence-corrected chi connectivity index (χ3v) is 12.3. The predicted octanol–water partition coefficient (Wildman–Crippen LogP) is 11.0. The highest BCUT2D eigenvalue weighted by Gasteiger charge is 2.48. The van der Waals surface area contributed by atoms with Crippen LogP contribution in [-0.4, -0.2) is 52.9 Å². The highest BCUT2D eigenvalue weighted by Crippen LogP contribution is 2.61. The highest BCUT2D eigenvalue weighted by atomic mass is 79.9. The van der Waals surface area contributed by atoms with E-state index in [9.17, 15) is 0 Å². The zero-order valence-electron chi connectivity index (χ0n) is 29.0. The summed E-state index contributed by atoms with van der Waals surface area (Å²) in [7, 11) is 7.31. The lowest BCUT2D eigenvalue weighted by Crippen LogP contribution is -2.30. The molecule has 0 saturated carbocycles. The molecule has 0 fully saturated rings. The van der Waals surface area contributed by atoms with Crippen LogP contribution in [-0.2, 0) is 29.8 Å². The van der Waals surface area contributed by atoms with Gasteiger partial charge in [-0.25, -0.2) is 0 Å². The molecule has 4 nitrogen and oxygen atoms in total. The van der Waals surface area contributed by atoms with E-state index in [1.807, 2.05) is 28.4 Å². The molecule has 4 unspecified atom stereocenters. The van der Waals surface area contributed by atoms with E-state index in [0.29, 0.717) is 0 Å². The van der Waals surface area contributed by atoms with Crippen LogP contribution in [0, 0.1) is 0 Å². The zero-order valence-corrected chi connectivity index (χ0v) is 32.1. The number of benzene rings is 3. The van der Waals surface area contributed by atoms with Crippen LogP contribution in [0.1, 0.15) is 101 Å². The molecule has 3 aromatic carbocycles. The molecule has 0 heterocycles. The molecule has 250 valence electrons. The minimum absolute atomic E-state index is 0.140. The molecule has 0 bridgehead atoms. The first kappa shape index (κ1) is 35.8. The van der Waals surface area contributed by atoms with Crippen molar-refractivity contribution in [1.82, 2.24) is 0 Å². The largest absolute Gasteiger partial charge is 0.382 e. The van der Waals surface area contributed by atoms with Gasteiger partial charge in [0.15, 0.2) is 0 Å². The van der Waals surface area contributed by atoms with Crippen molar-refractivity contribution >= 4 is 31.9 Å². The van der Waals surface area contributed by atoms with E-state index in [-0.39, 0.29) is 35.2 Å². The van der Waals surface area contributed by atoms with E-state index in [0.717, 1.165) is 60.3 Å². The molecule has 0 saturated heterocycles. The van der Waals surface area contributed by atoms with Crippen molar-refractivity contribution < 1.29 is 18.9 Å². The van der Waals surface area contributed by atoms with Gasteiger partial charge in [0.05, 0.1) is 24.4 Å². The molecule has 3 aromatic rings. The number of halogens is 2. The lowest BCUT2D eigenvalue weighted by atomic mass is 9.68. The first-order valence-corrected chi connectivity index (χ1v) is 18.5. The maximum atomic E-state index is 5.81. The summed E-state index contributed by atoms with van der Waals surface area (Å²) in [6, 6.07) is 19.0. The van der Waals surface area contributed by atoms with Gasteiger partial charge in [-0.1, -0.05) is 44.0 Å². The quantitative estimate of drug-likeness (QED) is 0.146. The normalized spacial score (nSPS) is 22.1. The van der Waals surface area contributed by atoms with Gasteiger partial charge in [0.25, 0.3) is 0 Å². The molecule has 0 N–H and O–H groups in total. The van der Waals surface area contributed by atoms with Crippen LogP contribution in [0.5, 0.6) is 0 Å². The molecular weight excluding hydrogens is 704 g/mol. The lowest BCUT2D eigenvalue weighted by molar-refractivity contribution is 0.0922. The highest BCUT2D eigenvalue weighted by molar-refractivity contribution is 9.10. The van der Waals surface area contributed by atoms with Gasteiger partial charge in [0.2, 0.25) is 0 Å². The number of fused-ring (bicyclic) bond motifs is 6. The molecule has 0 aromatic heterocycles. The van der Waals surface area contributed by atoms with Gasteiger partial charge in [-0.2, -0.15) is 0 Å². The summed E-state index contributed by atoms with van der Waals surface area (Å²) in [6.07, 6.45) is 8.73. The van der Waals surface area contributed by atoms with Crippen molar-refractivity contribution in [2.24, 2.45) is 0 Å². The molecule has 5 rings (SSSR count). The Morgan fingerprint density at radius 2 is 0.739 bits per heavy atom. The number of hydrogen-bond donors (Lipinski definition) is 0. The average molecular weight is 757 g/mol. The minimum atomic E-state index is -0.140. The Hall–Kier alpha value is -1.54. The van der Waals surface area contributed by atoms with Gasteiger partial charge in [-0.05, 0) is 160 Å². The predicted molar refractivity (Wildman–Crippen MR) is 197 cm³/mol. The molecule has 0 spiro atoms. The fourth-order valence-corrected chi connectivity index (χ4v) is 8.74. The van der Waals surface area contributed by atoms with E-state index in [4.69, 9.17) is 18.9 Å². The summed E-state index contributed by atoms with van der Waals surface area (Å²) >= 11 is 7.71. The van der Waals surface area contributed by atoms with E-state index >= 15 is 0 Å². The first-order chi connectivity index (χ1) is 22.0. The Kier molecular flexibility index (Phi) is 11.6. The number of rotatable bonds is 16. The topological polar surface area (TPSA) is 36.9 Å². The van der Waals surface area contributed by atoms with Crippen LogP contribution < -0.4 is 0 Å². The Bertz CT molecular complexity index is 1380. The second-order valence-corrected chi connectivity index (χ2v) is 15.7. The van der Waals surface area contributed by atoms with Crippen molar-refractivity contribution in [2.75, 3.05) is 28.4 Å². The molecule has 0 radical (unpaired) electrons. The monoisotopic (exact) mass is 754 g/mol. The SMILES string of the molecule is COC(C)CCC1(CCC(C)OC)c2cc(Br)ccc2-c2cc3c(cc21)-c1ccc(Br)cc1C3(CCC(C)OC)CCC(C)OC. The molecule has 46 heavy (non-hydrogen) atoms. The number of hydrogen-bond acceptors (Lipinski definition) is 4. The number of methoxy groups -OCH3 is 4. The van der Waals surface area contributed by atoms with Gasteiger partial charge in [0, 0.05) is 48.2 Å². The van der Waals surface area contributed by atoms with Crippen molar-refractivity contribution in [2.45, 2.75) is 114 Å². The van der Waals surface area contributed by atoms with Crippen LogP contribution in [0.4, 0.5) is 0 Å². The van der Waals surface area contributed by atoms with E-state index in [1.165, 1.54) is 44.5 Å². The smallest absolute Gasteiger partial charge is 0.0543 e.